The molecule has 0 amide bonds. The summed E-state index contributed by atoms with van der Waals surface area (Å²) in [6.45, 7) is 9.86. The third kappa shape index (κ3) is 4.75. The summed E-state index contributed by atoms with van der Waals surface area (Å²) in [6, 6.07) is 16.3. The van der Waals surface area contributed by atoms with E-state index in [9.17, 15) is 0 Å². The van der Waals surface area contributed by atoms with E-state index in [0.29, 0.717) is 11.7 Å². The molecule has 33 heavy (non-hydrogen) atoms. The van der Waals surface area contributed by atoms with Crippen LogP contribution >= 0.6 is 12.2 Å². The average Bonchev–Trinajstić information content (AvgIpc) is 3.28. The Hall–Kier alpha value is -2.90. The maximum Gasteiger partial charge on any atom is 0.174 e. The first kappa shape index (κ1) is 23.3. The number of thiocarbonyl (C=S) groups is 1. The van der Waals surface area contributed by atoms with Crippen molar-refractivity contribution >= 4 is 23.0 Å². The molecule has 1 saturated heterocycles. The number of aryl methyl sites for hydroxylation is 1. The highest BCUT2D eigenvalue weighted by atomic mass is 32.1. The second-order valence-electron chi connectivity index (χ2n) is 8.63. The second kappa shape index (κ2) is 9.93. The van der Waals surface area contributed by atoms with Gasteiger partial charge in [0.15, 0.2) is 5.11 Å². The molecule has 1 aliphatic heterocycles. The summed E-state index contributed by atoms with van der Waals surface area (Å²) in [4.78, 5) is 6.86. The van der Waals surface area contributed by atoms with Gasteiger partial charge in [-0.05, 0) is 87.9 Å². The maximum atomic E-state index is 5.86. The number of methoxy groups -OCH3 is 1. The SMILES string of the molecule is COCCn1c(C)cc([C@@H]2[C@H](c3ccccn3)NC(=S)N2c2ccc(OC(C)C)cc2)c1C. The number of pyridine rings is 1. The van der Waals surface area contributed by atoms with Gasteiger partial charge < -0.3 is 24.3 Å². The van der Waals surface area contributed by atoms with Gasteiger partial charge in [-0.3, -0.25) is 4.98 Å². The van der Waals surface area contributed by atoms with Gasteiger partial charge in [0.1, 0.15) is 5.75 Å². The van der Waals surface area contributed by atoms with E-state index >= 15 is 0 Å². The van der Waals surface area contributed by atoms with Crippen LogP contribution in [0.25, 0.3) is 0 Å². The number of nitrogens with one attached hydrogen (secondary N) is 1. The minimum Gasteiger partial charge on any atom is -0.491 e. The van der Waals surface area contributed by atoms with Gasteiger partial charge in [0.05, 0.1) is 30.5 Å². The van der Waals surface area contributed by atoms with Crippen molar-refractivity contribution in [2.45, 2.75) is 52.4 Å². The number of anilines is 1. The minimum atomic E-state index is -0.0679. The Kier molecular flexibility index (Phi) is 7.00. The molecule has 0 radical (unpaired) electrons. The smallest absolute Gasteiger partial charge is 0.174 e. The van der Waals surface area contributed by atoms with Crippen molar-refractivity contribution in [2.24, 2.45) is 0 Å². The molecule has 6 nitrogen and oxygen atoms in total. The van der Waals surface area contributed by atoms with Gasteiger partial charge in [-0.1, -0.05) is 6.07 Å². The molecule has 3 heterocycles. The summed E-state index contributed by atoms with van der Waals surface area (Å²) >= 11 is 5.86. The van der Waals surface area contributed by atoms with Crippen LogP contribution < -0.4 is 15.0 Å². The van der Waals surface area contributed by atoms with E-state index in [2.05, 4.69) is 57.9 Å². The van der Waals surface area contributed by atoms with E-state index in [4.69, 9.17) is 21.7 Å². The first-order valence-corrected chi connectivity index (χ1v) is 11.7. The summed E-state index contributed by atoms with van der Waals surface area (Å²) in [5.41, 5.74) is 5.64. The number of benzene rings is 1. The molecule has 4 rings (SSSR count). The highest BCUT2D eigenvalue weighted by Crippen LogP contribution is 2.43. The summed E-state index contributed by atoms with van der Waals surface area (Å²) < 4.78 is 13.5. The van der Waals surface area contributed by atoms with Gasteiger partial charge in [0.2, 0.25) is 0 Å². The molecule has 2 atom stereocenters. The molecule has 0 unspecified atom stereocenters. The van der Waals surface area contributed by atoms with Gasteiger partial charge in [-0.25, -0.2) is 0 Å². The Balaban J connectivity index is 1.78. The van der Waals surface area contributed by atoms with Crippen LogP contribution in [-0.4, -0.2) is 34.5 Å². The third-order valence-corrected chi connectivity index (χ3v) is 6.35. The van der Waals surface area contributed by atoms with Crippen molar-refractivity contribution in [1.29, 1.82) is 0 Å². The first-order chi connectivity index (χ1) is 15.9. The molecule has 2 aromatic heterocycles. The van der Waals surface area contributed by atoms with Crippen molar-refractivity contribution in [3.05, 3.63) is 77.4 Å². The first-order valence-electron chi connectivity index (χ1n) is 11.3. The lowest BCUT2D eigenvalue weighted by atomic mass is 9.96. The Labute approximate surface area is 201 Å². The highest BCUT2D eigenvalue weighted by Gasteiger charge is 2.42. The zero-order valence-corrected chi connectivity index (χ0v) is 20.7. The van der Waals surface area contributed by atoms with E-state index in [1.165, 1.54) is 17.0 Å². The summed E-state index contributed by atoms with van der Waals surface area (Å²) in [7, 11) is 1.74. The number of hydrogen-bond acceptors (Lipinski definition) is 4. The van der Waals surface area contributed by atoms with Crippen molar-refractivity contribution in [2.75, 3.05) is 18.6 Å². The van der Waals surface area contributed by atoms with Crippen LogP contribution in [0.4, 0.5) is 5.69 Å². The number of ether oxygens (including phenoxy) is 2. The number of nitrogens with zero attached hydrogens (tertiary/aromatic N) is 3. The average molecular weight is 465 g/mol. The molecule has 0 spiro atoms. The third-order valence-electron chi connectivity index (χ3n) is 6.04. The predicted octanol–water partition coefficient (Wildman–Crippen LogP) is 5.11. The molecule has 1 N–H and O–H groups in total. The summed E-state index contributed by atoms with van der Waals surface area (Å²) in [5, 5.41) is 4.23. The normalized spacial score (nSPS) is 18.1. The minimum absolute atomic E-state index is 0.0354. The van der Waals surface area contributed by atoms with Crippen molar-refractivity contribution < 1.29 is 9.47 Å². The molecule has 0 aliphatic carbocycles. The van der Waals surface area contributed by atoms with Crippen LogP contribution in [0.1, 0.15) is 48.6 Å². The van der Waals surface area contributed by atoms with Gasteiger partial charge >= 0.3 is 0 Å². The van der Waals surface area contributed by atoms with E-state index in [1.54, 1.807) is 7.11 Å². The van der Waals surface area contributed by atoms with Crippen molar-refractivity contribution in [1.82, 2.24) is 14.9 Å². The van der Waals surface area contributed by atoms with E-state index in [1.807, 2.05) is 44.3 Å². The Morgan fingerprint density at radius 3 is 2.52 bits per heavy atom. The van der Waals surface area contributed by atoms with Crippen LogP contribution in [0.3, 0.4) is 0 Å². The van der Waals surface area contributed by atoms with Crippen LogP contribution in [-0.2, 0) is 11.3 Å². The molecule has 1 aromatic carbocycles. The molecular formula is C26H32N4O2S. The van der Waals surface area contributed by atoms with E-state index in [-0.39, 0.29) is 18.2 Å². The molecular weight excluding hydrogens is 432 g/mol. The highest BCUT2D eigenvalue weighted by molar-refractivity contribution is 7.80. The van der Waals surface area contributed by atoms with Crippen LogP contribution in [0.15, 0.2) is 54.7 Å². The quantitative estimate of drug-likeness (QED) is 0.468. The lowest BCUT2D eigenvalue weighted by Gasteiger charge is -2.28. The largest absolute Gasteiger partial charge is 0.491 e. The molecule has 174 valence electrons. The standard InChI is InChI=1S/C26H32N4O2S/c1-17(2)32-21-11-9-20(10-12-21)30-25(22-16-18(3)29(19(22)4)14-15-31-5)24(28-26(30)33)23-8-6-7-13-27-23/h6-13,16-17,24-25H,14-15H2,1-5H3,(H,28,33)/t24-,25+/m0/s1. The van der Waals surface area contributed by atoms with Crippen LogP contribution in [0.5, 0.6) is 5.75 Å². The fourth-order valence-corrected chi connectivity index (χ4v) is 4.91. The number of rotatable bonds is 8. The second-order valence-corrected chi connectivity index (χ2v) is 9.01. The molecule has 0 bridgehead atoms. The summed E-state index contributed by atoms with van der Waals surface area (Å²) in [5.74, 6) is 0.849. The molecule has 3 aromatic rings. The zero-order valence-electron chi connectivity index (χ0n) is 19.9. The van der Waals surface area contributed by atoms with Crippen LogP contribution in [0.2, 0.25) is 0 Å². The van der Waals surface area contributed by atoms with Crippen LogP contribution in [0, 0.1) is 13.8 Å². The van der Waals surface area contributed by atoms with Gasteiger partial charge in [-0.2, -0.15) is 0 Å². The molecule has 0 saturated carbocycles. The zero-order chi connectivity index (χ0) is 23.5. The number of aromatic nitrogens is 2. The molecule has 1 aliphatic rings. The predicted molar refractivity (Wildman–Crippen MR) is 136 cm³/mol. The lowest BCUT2D eigenvalue weighted by Crippen LogP contribution is -2.29. The monoisotopic (exact) mass is 464 g/mol. The van der Waals surface area contributed by atoms with Crippen molar-refractivity contribution in [3.8, 4) is 5.75 Å². The van der Waals surface area contributed by atoms with Gasteiger partial charge in [0, 0.05) is 36.9 Å². The maximum absolute atomic E-state index is 5.86. The molecule has 1 fully saturated rings. The fraction of sp³-hybridized carbons (Fsp3) is 0.385. The van der Waals surface area contributed by atoms with Crippen molar-refractivity contribution in [3.63, 3.8) is 0 Å². The molecule has 7 heteroatoms. The van der Waals surface area contributed by atoms with E-state index < -0.39 is 0 Å². The van der Waals surface area contributed by atoms with Gasteiger partial charge in [0.25, 0.3) is 0 Å². The number of hydrogen-bond donors (Lipinski definition) is 1. The Morgan fingerprint density at radius 1 is 1.12 bits per heavy atom. The topological polar surface area (TPSA) is 51.5 Å². The van der Waals surface area contributed by atoms with Gasteiger partial charge in [-0.15, -0.1) is 0 Å². The Bertz CT molecular complexity index is 1100. The lowest BCUT2D eigenvalue weighted by molar-refractivity contribution is 0.186. The fourth-order valence-electron chi connectivity index (χ4n) is 4.56. The summed E-state index contributed by atoms with van der Waals surface area (Å²) in [6.07, 6.45) is 1.96. The Morgan fingerprint density at radius 2 is 1.88 bits per heavy atom. The van der Waals surface area contributed by atoms with E-state index in [0.717, 1.165) is 23.7 Å².